The van der Waals surface area contributed by atoms with E-state index in [1.807, 2.05) is 82.2 Å². The molecule has 2 atom stereocenters. The van der Waals surface area contributed by atoms with Crippen molar-refractivity contribution in [3.05, 3.63) is 73.1 Å². The molecule has 0 saturated heterocycles. The van der Waals surface area contributed by atoms with Crippen molar-refractivity contribution in [2.75, 3.05) is 0 Å². The number of aliphatic hydroxyl groups is 2. The van der Waals surface area contributed by atoms with E-state index in [0.29, 0.717) is 13.1 Å². The normalized spacial score (nSPS) is 14.2. The van der Waals surface area contributed by atoms with Crippen LogP contribution >= 0.6 is 0 Å². The molecule has 0 aliphatic heterocycles. The summed E-state index contributed by atoms with van der Waals surface area (Å²) in [5, 5.41) is 23.1. The first-order chi connectivity index (χ1) is 11.7. The average Bonchev–Trinajstić information content (AvgIpc) is 3.20. The maximum atomic E-state index is 10.4. The van der Waals surface area contributed by atoms with Crippen LogP contribution in [0, 0.1) is 0 Å². The van der Waals surface area contributed by atoms with Gasteiger partial charge in [0, 0.05) is 23.4 Å². The van der Waals surface area contributed by atoms with Gasteiger partial charge in [0.05, 0.1) is 25.3 Å². The summed E-state index contributed by atoms with van der Waals surface area (Å²) in [5.74, 6) is 0. The molecule has 4 heteroatoms. The van der Waals surface area contributed by atoms with Crippen LogP contribution in [-0.4, -0.2) is 31.6 Å². The van der Waals surface area contributed by atoms with E-state index in [4.69, 9.17) is 0 Å². The van der Waals surface area contributed by atoms with Crippen molar-refractivity contribution in [3.8, 4) is 0 Å². The Morgan fingerprint density at radius 2 is 1.04 bits per heavy atom. The Kier molecular flexibility index (Phi) is 3.84. The van der Waals surface area contributed by atoms with Crippen molar-refractivity contribution in [3.63, 3.8) is 0 Å². The molecule has 0 saturated carbocycles. The summed E-state index contributed by atoms with van der Waals surface area (Å²) in [4.78, 5) is 0. The molecule has 0 aliphatic carbocycles. The summed E-state index contributed by atoms with van der Waals surface area (Å²) in [5.41, 5.74) is 2.13. The van der Waals surface area contributed by atoms with Gasteiger partial charge in [-0.1, -0.05) is 36.4 Å². The second-order valence-corrected chi connectivity index (χ2v) is 6.19. The van der Waals surface area contributed by atoms with Gasteiger partial charge in [-0.15, -0.1) is 0 Å². The number of para-hydroxylation sites is 2. The second-order valence-electron chi connectivity index (χ2n) is 6.19. The number of fused-ring (bicyclic) bond motifs is 2. The van der Waals surface area contributed by atoms with E-state index >= 15 is 0 Å². The number of rotatable bonds is 5. The Morgan fingerprint density at radius 1 is 0.625 bits per heavy atom. The molecule has 0 spiro atoms. The predicted octanol–water partition coefficient (Wildman–Crippen LogP) is 3.02. The first kappa shape index (κ1) is 15.0. The summed E-state index contributed by atoms with van der Waals surface area (Å²) < 4.78 is 3.97. The zero-order chi connectivity index (χ0) is 16.5. The molecule has 0 aliphatic rings. The molecule has 0 bridgehead atoms. The van der Waals surface area contributed by atoms with Crippen LogP contribution < -0.4 is 0 Å². The molecule has 2 heterocycles. The summed E-state index contributed by atoms with van der Waals surface area (Å²) in [7, 11) is 0. The Bertz CT molecular complexity index is 890. The monoisotopic (exact) mass is 320 g/mol. The summed E-state index contributed by atoms with van der Waals surface area (Å²) in [6, 6.07) is 20.1. The molecule has 0 unspecified atom stereocenters. The van der Waals surface area contributed by atoms with Crippen LogP contribution in [0.15, 0.2) is 73.1 Å². The minimum absolute atomic E-state index is 0.369. The van der Waals surface area contributed by atoms with Crippen LogP contribution in [0.2, 0.25) is 0 Å². The van der Waals surface area contributed by atoms with Gasteiger partial charge in [0.25, 0.3) is 0 Å². The third-order valence-electron chi connectivity index (χ3n) is 4.57. The molecule has 0 radical (unpaired) electrons. The molecule has 122 valence electrons. The van der Waals surface area contributed by atoms with Crippen LogP contribution in [0.1, 0.15) is 0 Å². The van der Waals surface area contributed by atoms with Crippen LogP contribution in [0.25, 0.3) is 21.8 Å². The van der Waals surface area contributed by atoms with E-state index in [1.165, 1.54) is 0 Å². The van der Waals surface area contributed by atoms with Gasteiger partial charge in [0.1, 0.15) is 0 Å². The first-order valence-electron chi connectivity index (χ1n) is 8.16. The Hall–Kier alpha value is -2.56. The SMILES string of the molecule is O[C@@H](Cn1ccc2ccccc21)[C@@H](O)Cn1ccc2ccccc21. The number of benzene rings is 2. The van der Waals surface area contributed by atoms with Crippen molar-refractivity contribution in [2.24, 2.45) is 0 Å². The predicted molar refractivity (Wildman–Crippen MR) is 95.9 cm³/mol. The molecule has 2 aromatic carbocycles. The lowest BCUT2D eigenvalue weighted by Crippen LogP contribution is -2.33. The van der Waals surface area contributed by atoms with Gasteiger partial charge in [0.2, 0.25) is 0 Å². The van der Waals surface area contributed by atoms with E-state index in [-0.39, 0.29) is 0 Å². The highest BCUT2D eigenvalue weighted by Gasteiger charge is 2.18. The number of hydrogen-bond acceptors (Lipinski definition) is 2. The lowest BCUT2D eigenvalue weighted by atomic mass is 10.2. The Labute approximate surface area is 140 Å². The van der Waals surface area contributed by atoms with Crippen molar-refractivity contribution in [1.29, 1.82) is 0 Å². The van der Waals surface area contributed by atoms with Gasteiger partial charge in [-0.3, -0.25) is 0 Å². The van der Waals surface area contributed by atoms with Crippen LogP contribution in [0.5, 0.6) is 0 Å². The lowest BCUT2D eigenvalue weighted by molar-refractivity contribution is 0.00132. The number of nitrogens with zero attached hydrogens (tertiary/aromatic N) is 2. The maximum absolute atomic E-state index is 10.4. The van der Waals surface area contributed by atoms with E-state index in [2.05, 4.69) is 0 Å². The van der Waals surface area contributed by atoms with E-state index in [9.17, 15) is 10.2 Å². The fourth-order valence-electron chi connectivity index (χ4n) is 3.25. The van der Waals surface area contributed by atoms with Crippen molar-refractivity contribution in [2.45, 2.75) is 25.3 Å². The molecule has 4 nitrogen and oxygen atoms in total. The second kappa shape index (κ2) is 6.15. The number of aliphatic hydroxyl groups excluding tert-OH is 2. The summed E-state index contributed by atoms with van der Waals surface area (Å²) in [6.45, 7) is 0.738. The average molecular weight is 320 g/mol. The first-order valence-corrected chi connectivity index (χ1v) is 8.16. The molecule has 2 aromatic heterocycles. The Morgan fingerprint density at radius 3 is 1.50 bits per heavy atom. The standard InChI is InChI=1S/C20H20N2O2/c23-19(13-21-11-9-15-5-1-3-7-17(15)21)20(24)14-22-12-10-16-6-2-4-8-18(16)22/h1-12,19-20,23-24H,13-14H2/t19-,20-/m0/s1. The maximum Gasteiger partial charge on any atom is 0.0995 e. The van der Waals surface area contributed by atoms with Gasteiger partial charge in [-0.05, 0) is 35.0 Å². The van der Waals surface area contributed by atoms with Crippen LogP contribution in [0.4, 0.5) is 0 Å². The largest absolute Gasteiger partial charge is 0.388 e. The third-order valence-corrected chi connectivity index (χ3v) is 4.57. The van der Waals surface area contributed by atoms with Gasteiger partial charge in [-0.2, -0.15) is 0 Å². The van der Waals surface area contributed by atoms with Crippen molar-refractivity contribution >= 4 is 21.8 Å². The number of hydrogen-bond donors (Lipinski definition) is 2. The molecular weight excluding hydrogens is 300 g/mol. The number of aromatic nitrogens is 2. The summed E-state index contributed by atoms with van der Waals surface area (Å²) >= 11 is 0. The van der Waals surface area contributed by atoms with E-state index in [0.717, 1.165) is 21.8 Å². The molecule has 0 amide bonds. The fourth-order valence-corrected chi connectivity index (χ4v) is 3.25. The molecule has 24 heavy (non-hydrogen) atoms. The topological polar surface area (TPSA) is 50.3 Å². The van der Waals surface area contributed by atoms with Gasteiger partial charge >= 0.3 is 0 Å². The van der Waals surface area contributed by atoms with Gasteiger partial charge in [-0.25, -0.2) is 0 Å². The van der Waals surface area contributed by atoms with Gasteiger partial charge in [0.15, 0.2) is 0 Å². The minimum Gasteiger partial charge on any atom is -0.388 e. The third kappa shape index (κ3) is 2.70. The van der Waals surface area contributed by atoms with E-state index in [1.54, 1.807) is 0 Å². The molecule has 4 aromatic rings. The van der Waals surface area contributed by atoms with Crippen molar-refractivity contribution < 1.29 is 10.2 Å². The van der Waals surface area contributed by atoms with Crippen LogP contribution in [-0.2, 0) is 13.1 Å². The zero-order valence-corrected chi connectivity index (χ0v) is 13.3. The van der Waals surface area contributed by atoms with Crippen LogP contribution in [0.3, 0.4) is 0 Å². The Balaban J connectivity index is 1.51. The molecule has 4 rings (SSSR count). The highest BCUT2D eigenvalue weighted by Crippen LogP contribution is 2.18. The molecular formula is C20H20N2O2. The fraction of sp³-hybridized carbons (Fsp3) is 0.200. The molecule has 2 N–H and O–H groups in total. The zero-order valence-electron chi connectivity index (χ0n) is 13.3. The summed E-state index contributed by atoms with van der Waals surface area (Å²) in [6.07, 6.45) is 2.24. The quantitative estimate of drug-likeness (QED) is 0.594. The van der Waals surface area contributed by atoms with E-state index < -0.39 is 12.2 Å². The van der Waals surface area contributed by atoms with Gasteiger partial charge < -0.3 is 19.3 Å². The lowest BCUT2D eigenvalue weighted by Gasteiger charge is -2.20. The minimum atomic E-state index is -0.832. The highest BCUT2D eigenvalue weighted by molar-refractivity contribution is 5.80. The smallest absolute Gasteiger partial charge is 0.0995 e. The van der Waals surface area contributed by atoms with Crippen molar-refractivity contribution in [1.82, 2.24) is 9.13 Å². The highest BCUT2D eigenvalue weighted by atomic mass is 16.3. The molecule has 0 fully saturated rings.